The molecule has 0 aromatic heterocycles. The van der Waals surface area contributed by atoms with E-state index in [4.69, 9.17) is 4.74 Å². The minimum absolute atomic E-state index is 0.0114. The lowest BCUT2D eigenvalue weighted by Crippen LogP contribution is -2.38. The van der Waals surface area contributed by atoms with Gasteiger partial charge in [0, 0.05) is 18.5 Å². The van der Waals surface area contributed by atoms with E-state index < -0.39 is 10.0 Å². The number of hydrogen-bond donors (Lipinski definition) is 0. The van der Waals surface area contributed by atoms with Crippen LogP contribution in [0.5, 0.6) is 0 Å². The van der Waals surface area contributed by atoms with E-state index in [1.165, 1.54) is 7.11 Å². The van der Waals surface area contributed by atoms with E-state index in [1.807, 2.05) is 49.4 Å². The molecular weight excluding hydrogens is 482 g/mol. The summed E-state index contributed by atoms with van der Waals surface area (Å²) in [6.45, 7) is 2.38. The van der Waals surface area contributed by atoms with Crippen LogP contribution in [0.3, 0.4) is 0 Å². The molecule has 3 unspecified atom stereocenters. The lowest BCUT2D eigenvalue weighted by molar-refractivity contribution is 0.0600. The van der Waals surface area contributed by atoms with Crippen LogP contribution in [-0.2, 0) is 14.8 Å². The summed E-state index contributed by atoms with van der Waals surface area (Å²) in [7, 11) is -2.25. The summed E-state index contributed by atoms with van der Waals surface area (Å²) in [5, 5.41) is 0. The second-order valence-electron chi connectivity index (χ2n) is 9.72. The number of allylic oxidation sites excluding steroid dienone is 1. The van der Waals surface area contributed by atoms with E-state index in [1.54, 1.807) is 28.6 Å². The average Bonchev–Trinajstić information content (AvgIpc) is 3.31. The summed E-state index contributed by atoms with van der Waals surface area (Å²) >= 11 is 0. The van der Waals surface area contributed by atoms with Crippen molar-refractivity contribution in [2.45, 2.75) is 30.7 Å². The molecule has 1 saturated heterocycles. The van der Waals surface area contributed by atoms with Crippen molar-refractivity contribution < 1.29 is 17.9 Å². The molecule has 3 atom stereocenters. The smallest absolute Gasteiger partial charge is 0.337 e. The van der Waals surface area contributed by atoms with Crippen molar-refractivity contribution in [1.82, 2.24) is 4.31 Å². The second kappa shape index (κ2) is 10.5. The van der Waals surface area contributed by atoms with Gasteiger partial charge in [-0.2, -0.15) is 4.31 Å². The molecule has 6 heteroatoms. The Labute approximate surface area is 219 Å². The highest BCUT2D eigenvalue weighted by atomic mass is 32.2. The molecule has 5 nitrogen and oxygen atoms in total. The molecule has 37 heavy (non-hydrogen) atoms. The van der Waals surface area contributed by atoms with Crippen LogP contribution < -0.4 is 0 Å². The molecule has 0 amide bonds. The Morgan fingerprint density at radius 3 is 2.24 bits per heavy atom. The van der Waals surface area contributed by atoms with Crippen LogP contribution >= 0.6 is 0 Å². The SMILES string of the molecule is COC(=O)c1ccc(/C(=C/C2CN(S(=O)(=O)c3ccc(C)cc3)C3CCC=CC23)c2ccccc2)cc1. The Morgan fingerprint density at radius 2 is 1.57 bits per heavy atom. The van der Waals surface area contributed by atoms with Crippen LogP contribution in [0.25, 0.3) is 5.57 Å². The van der Waals surface area contributed by atoms with Crippen molar-refractivity contribution in [3.8, 4) is 0 Å². The predicted molar refractivity (Wildman–Crippen MR) is 146 cm³/mol. The van der Waals surface area contributed by atoms with Gasteiger partial charge in [0.05, 0.1) is 17.6 Å². The van der Waals surface area contributed by atoms with Gasteiger partial charge in [0.2, 0.25) is 10.0 Å². The molecule has 0 bridgehead atoms. The zero-order valence-corrected chi connectivity index (χ0v) is 21.9. The number of fused-ring (bicyclic) bond motifs is 1. The van der Waals surface area contributed by atoms with Gasteiger partial charge in [-0.15, -0.1) is 0 Å². The topological polar surface area (TPSA) is 63.7 Å². The number of benzene rings is 3. The summed E-state index contributed by atoms with van der Waals surface area (Å²) in [6, 6.07) is 24.5. The van der Waals surface area contributed by atoms with E-state index in [0.29, 0.717) is 17.0 Å². The maximum Gasteiger partial charge on any atom is 0.337 e. The van der Waals surface area contributed by atoms with Gasteiger partial charge in [-0.3, -0.25) is 0 Å². The van der Waals surface area contributed by atoms with Gasteiger partial charge >= 0.3 is 5.97 Å². The minimum atomic E-state index is -3.62. The zero-order chi connectivity index (χ0) is 26.0. The number of carbonyl (C=O) groups is 1. The molecule has 3 aromatic rings. The summed E-state index contributed by atoms with van der Waals surface area (Å²) in [6.07, 6.45) is 8.28. The summed E-state index contributed by atoms with van der Waals surface area (Å²) in [4.78, 5) is 12.3. The Hall–Kier alpha value is -3.48. The largest absolute Gasteiger partial charge is 0.465 e. The van der Waals surface area contributed by atoms with Gasteiger partial charge in [0.1, 0.15) is 0 Å². The number of ether oxygens (including phenoxy) is 1. The molecule has 0 radical (unpaired) electrons. The number of methoxy groups -OCH3 is 1. The normalized spacial score (nSPS) is 22.0. The van der Waals surface area contributed by atoms with Crippen LogP contribution in [0.1, 0.15) is 39.9 Å². The Balaban J connectivity index is 1.55. The van der Waals surface area contributed by atoms with Crippen molar-refractivity contribution in [3.05, 3.63) is 119 Å². The third-order valence-corrected chi connectivity index (χ3v) is 9.30. The zero-order valence-electron chi connectivity index (χ0n) is 21.1. The first kappa shape index (κ1) is 25.2. The van der Waals surface area contributed by atoms with E-state index in [-0.39, 0.29) is 23.8 Å². The fraction of sp³-hybridized carbons (Fsp3) is 0.258. The monoisotopic (exact) mass is 513 g/mol. The van der Waals surface area contributed by atoms with Gasteiger partial charge < -0.3 is 4.74 Å². The minimum Gasteiger partial charge on any atom is -0.465 e. The Kier molecular flexibility index (Phi) is 7.13. The number of hydrogen-bond acceptors (Lipinski definition) is 4. The van der Waals surface area contributed by atoms with Gasteiger partial charge in [0.25, 0.3) is 0 Å². The number of rotatable bonds is 6. The predicted octanol–water partition coefficient (Wildman–Crippen LogP) is 5.87. The molecule has 190 valence electrons. The fourth-order valence-electron chi connectivity index (χ4n) is 5.45. The Bertz CT molecular complexity index is 1420. The first-order valence-electron chi connectivity index (χ1n) is 12.6. The molecular formula is C31H31NO4S. The van der Waals surface area contributed by atoms with Crippen molar-refractivity contribution in [2.24, 2.45) is 11.8 Å². The van der Waals surface area contributed by atoms with Crippen LogP contribution in [0, 0.1) is 18.8 Å². The summed E-state index contributed by atoms with van der Waals surface area (Å²) in [5.41, 5.74) is 4.56. The first-order valence-corrected chi connectivity index (χ1v) is 14.0. The lowest BCUT2D eigenvalue weighted by atomic mass is 9.82. The average molecular weight is 514 g/mol. The maximum atomic E-state index is 13.7. The van der Waals surface area contributed by atoms with Crippen LogP contribution in [0.4, 0.5) is 0 Å². The van der Waals surface area contributed by atoms with Gasteiger partial charge in [-0.25, -0.2) is 13.2 Å². The van der Waals surface area contributed by atoms with Crippen LogP contribution in [0.2, 0.25) is 0 Å². The van der Waals surface area contributed by atoms with Gasteiger partial charge in [-0.1, -0.05) is 78.4 Å². The van der Waals surface area contributed by atoms with Crippen molar-refractivity contribution in [3.63, 3.8) is 0 Å². The number of carbonyl (C=O) groups excluding carboxylic acids is 1. The van der Waals surface area contributed by atoms with E-state index in [2.05, 4.69) is 30.4 Å². The molecule has 1 heterocycles. The Morgan fingerprint density at radius 1 is 0.919 bits per heavy atom. The van der Waals surface area contributed by atoms with Crippen molar-refractivity contribution in [1.29, 1.82) is 0 Å². The summed E-state index contributed by atoms with van der Waals surface area (Å²) < 4.78 is 34.0. The van der Waals surface area contributed by atoms with Gasteiger partial charge in [0.15, 0.2) is 0 Å². The molecule has 1 aliphatic carbocycles. The molecule has 1 fully saturated rings. The first-order chi connectivity index (χ1) is 17.9. The van der Waals surface area contributed by atoms with Crippen LogP contribution in [0.15, 0.2) is 102 Å². The summed E-state index contributed by atoms with van der Waals surface area (Å²) in [5.74, 6) is -0.265. The highest BCUT2D eigenvalue weighted by molar-refractivity contribution is 7.89. The molecule has 3 aromatic carbocycles. The second-order valence-corrected chi connectivity index (χ2v) is 11.6. The lowest BCUT2D eigenvalue weighted by Gasteiger charge is -2.28. The van der Waals surface area contributed by atoms with Crippen molar-refractivity contribution >= 4 is 21.6 Å². The highest BCUT2D eigenvalue weighted by Gasteiger charge is 2.46. The van der Waals surface area contributed by atoms with E-state index in [9.17, 15) is 13.2 Å². The van der Waals surface area contributed by atoms with E-state index >= 15 is 0 Å². The van der Waals surface area contributed by atoms with Crippen LogP contribution in [-0.4, -0.2) is 38.4 Å². The third kappa shape index (κ3) is 5.04. The van der Waals surface area contributed by atoms with E-state index in [0.717, 1.165) is 35.1 Å². The third-order valence-electron chi connectivity index (χ3n) is 7.40. The molecule has 0 N–H and O–H groups in total. The molecule has 5 rings (SSSR count). The maximum absolute atomic E-state index is 13.7. The number of esters is 1. The number of sulfonamides is 1. The fourth-order valence-corrected chi connectivity index (χ4v) is 7.17. The molecule has 0 saturated carbocycles. The molecule has 1 aliphatic heterocycles. The quantitative estimate of drug-likeness (QED) is 0.306. The molecule has 0 spiro atoms. The van der Waals surface area contributed by atoms with Crippen molar-refractivity contribution in [2.75, 3.05) is 13.7 Å². The standard InChI is InChI=1S/C31H31NO4S/c1-22-12-18-27(19-13-22)37(34,35)32-21-26(28-10-6-7-11-30(28)32)20-29(23-8-4-3-5-9-23)24-14-16-25(17-15-24)31(33)36-2/h3-6,8-10,12-20,26,28,30H,7,11,21H2,1-2H3/b29-20+. The number of aryl methyl sites for hydroxylation is 1. The number of nitrogens with zero attached hydrogens (tertiary/aromatic N) is 1. The molecule has 2 aliphatic rings. The highest BCUT2D eigenvalue weighted by Crippen LogP contribution is 2.42. The van der Waals surface area contributed by atoms with Gasteiger partial charge in [-0.05, 0) is 66.6 Å².